The van der Waals surface area contributed by atoms with E-state index in [-0.39, 0.29) is 22.8 Å². The number of hydrogen-bond acceptors (Lipinski definition) is 2. The van der Waals surface area contributed by atoms with Crippen molar-refractivity contribution in [3.8, 4) is 11.5 Å². The smallest absolute Gasteiger partial charge is 0.227 e. The van der Waals surface area contributed by atoms with Gasteiger partial charge in [0.1, 0.15) is 11.3 Å². The van der Waals surface area contributed by atoms with Crippen molar-refractivity contribution in [2.75, 3.05) is 0 Å². The number of oxazole rings is 1. The molecule has 5 heteroatoms. The fourth-order valence-electron chi connectivity index (χ4n) is 2.81. The van der Waals surface area contributed by atoms with Gasteiger partial charge in [0.05, 0.1) is 0 Å². The number of rotatable bonds is 3. The van der Waals surface area contributed by atoms with Crippen molar-refractivity contribution in [3.05, 3.63) is 83.4 Å². The van der Waals surface area contributed by atoms with Crippen molar-refractivity contribution in [2.24, 2.45) is 0 Å². The summed E-state index contributed by atoms with van der Waals surface area (Å²) in [6, 6.07) is 14.6. The molecule has 3 nitrogen and oxygen atoms in total. The maximum absolute atomic E-state index is 13.0. The summed E-state index contributed by atoms with van der Waals surface area (Å²) in [7, 11) is 0. The molecule has 0 spiro atoms. The molecule has 0 aliphatic rings. The van der Waals surface area contributed by atoms with Crippen LogP contribution in [-0.2, 0) is 6.54 Å². The van der Waals surface area contributed by atoms with Crippen LogP contribution in [0.4, 0.5) is 4.39 Å². The van der Waals surface area contributed by atoms with Crippen LogP contribution in [-0.4, -0.2) is 4.98 Å². The molecule has 2 heterocycles. The van der Waals surface area contributed by atoms with Crippen molar-refractivity contribution in [3.63, 3.8) is 0 Å². The number of fused-ring (bicyclic) bond motifs is 1. The van der Waals surface area contributed by atoms with Crippen LogP contribution in [0.2, 0.25) is 0 Å². The van der Waals surface area contributed by atoms with Crippen LogP contribution in [0.1, 0.15) is 16.7 Å². The van der Waals surface area contributed by atoms with Crippen LogP contribution in [0.3, 0.4) is 0 Å². The lowest BCUT2D eigenvalue weighted by atomic mass is 10.1. The van der Waals surface area contributed by atoms with Gasteiger partial charge in [0, 0.05) is 23.3 Å². The first-order chi connectivity index (χ1) is 12.1. The van der Waals surface area contributed by atoms with Gasteiger partial charge in [-0.3, -0.25) is 0 Å². The molecule has 0 saturated carbocycles. The zero-order valence-corrected chi connectivity index (χ0v) is 16.1. The van der Waals surface area contributed by atoms with Gasteiger partial charge in [-0.25, -0.2) is 13.9 Å². The summed E-state index contributed by atoms with van der Waals surface area (Å²) >= 11 is 0. The normalized spacial score (nSPS) is 10.7. The number of aryl methyl sites for hydroxylation is 2. The van der Waals surface area contributed by atoms with Crippen LogP contribution >= 0.6 is 0 Å². The molecule has 0 bridgehead atoms. The highest BCUT2D eigenvalue weighted by molar-refractivity contribution is 5.77. The van der Waals surface area contributed by atoms with Gasteiger partial charge in [0.15, 0.2) is 24.5 Å². The summed E-state index contributed by atoms with van der Waals surface area (Å²) in [4.78, 5) is 4.59. The number of benzene rings is 2. The average Bonchev–Trinajstić information content (AvgIpc) is 3.01. The van der Waals surface area contributed by atoms with Gasteiger partial charge in [-0.2, -0.15) is 0 Å². The second kappa shape index (κ2) is 7.38. The first-order valence-corrected chi connectivity index (χ1v) is 8.20. The molecule has 0 saturated heterocycles. The molecule has 0 radical (unpaired) electrons. The average molecular weight is 413 g/mol. The van der Waals surface area contributed by atoms with Gasteiger partial charge < -0.3 is 21.4 Å². The van der Waals surface area contributed by atoms with E-state index in [0.717, 1.165) is 22.2 Å². The molecule has 2 aromatic carbocycles. The summed E-state index contributed by atoms with van der Waals surface area (Å²) in [5.41, 5.74) is 6.06. The molecule has 0 fully saturated rings. The highest BCUT2D eigenvalue weighted by atomic mass is 79.9. The Balaban J connectivity index is 0.00000196. The van der Waals surface area contributed by atoms with E-state index in [1.54, 1.807) is 12.1 Å². The van der Waals surface area contributed by atoms with E-state index in [9.17, 15) is 4.39 Å². The first kappa shape index (κ1) is 18.3. The van der Waals surface area contributed by atoms with Crippen molar-refractivity contribution in [1.29, 1.82) is 0 Å². The summed E-state index contributed by atoms with van der Waals surface area (Å²) in [6.45, 7) is 4.83. The third kappa shape index (κ3) is 3.68. The predicted molar refractivity (Wildman–Crippen MR) is 94.6 cm³/mol. The number of pyridine rings is 1. The predicted octanol–water partition coefficient (Wildman–Crippen LogP) is 1.59. The third-order valence-corrected chi connectivity index (χ3v) is 4.42. The standard InChI is InChI=1S/C21H18FN2O.BrH/c1-14-11-19-20(12-15(14)2)25-21(23-19)17-7-9-24(10-8-17)13-16-3-5-18(22)6-4-16;/h3-12H,13H2,1-2H3;1H/q+1;/p-1. The molecule has 0 amide bonds. The Morgan fingerprint density at radius 2 is 1.62 bits per heavy atom. The molecule has 132 valence electrons. The van der Waals surface area contributed by atoms with Crippen LogP contribution in [0.25, 0.3) is 22.6 Å². The quantitative estimate of drug-likeness (QED) is 0.478. The molecule has 4 rings (SSSR count). The van der Waals surface area contributed by atoms with Crippen LogP contribution in [0.15, 0.2) is 65.3 Å². The molecule has 0 aliphatic heterocycles. The van der Waals surface area contributed by atoms with Gasteiger partial charge >= 0.3 is 0 Å². The van der Waals surface area contributed by atoms with E-state index in [0.29, 0.717) is 12.4 Å². The molecular weight excluding hydrogens is 395 g/mol. The van der Waals surface area contributed by atoms with E-state index in [4.69, 9.17) is 4.42 Å². The number of hydrogen-bond donors (Lipinski definition) is 0. The Morgan fingerprint density at radius 1 is 0.962 bits per heavy atom. The lowest BCUT2D eigenvalue weighted by molar-refractivity contribution is -0.688. The highest BCUT2D eigenvalue weighted by Crippen LogP contribution is 2.25. The maximum Gasteiger partial charge on any atom is 0.227 e. The topological polar surface area (TPSA) is 29.9 Å². The second-order valence-electron chi connectivity index (χ2n) is 6.31. The monoisotopic (exact) mass is 412 g/mol. The minimum atomic E-state index is -0.217. The first-order valence-electron chi connectivity index (χ1n) is 8.20. The van der Waals surface area contributed by atoms with E-state index in [1.165, 1.54) is 23.3 Å². The molecule has 26 heavy (non-hydrogen) atoms. The summed E-state index contributed by atoms with van der Waals surface area (Å²) in [5.74, 6) is 0.402. The summed E-state index contributed by atoms with van der Waals surface area (Å²) < 4.78 is 20.9. The molecule has 0 N–H and O–H groups in total. The maximum atomic E-state index is 13.0. The lowest BCUT2D eigenvalue weighted by Gasteiger charge is -1.99. The minimum Gasteiger partial charge on any atom is -1.00 e. The van der Waals surface area contributed by atoms with Crippen molar-refractivity contribution < 1.29 is 30.4 Å². The molecule has 2 aromatic heterocycles. The molecule has 4 aromatic rings. The fourth-order valence-corrected chi connectivity index (χ4v) is 2.81. The Kier molecular flexibility index (Phi) is 5.18. The highest BCUT2D eigenvalue weighted by Gasteiger charge is 2.11. The van der Waals surface area contributed by atoms with E-state index < -0.39 is 0 Å². The Bertz CT molecular complexity index is 1000. The molecule has 0 atom stereocenters. The summed E-state index contributed by atoms with van der Waals surface area (Å²) in [6.07, 6.45) is 3.95. The van der Waals surface area contributed by atoms with Crippen molar-refractivity contribution in [1.82, 2.24) is 4.98 Å². The SMILES string of the molecule is Cc1cc2nc(-c3cc[n+](Cc4ccc(F)cc4)cc3)oc2cc1C.[Br-]. The molecule has 0 unspecified atom stereocenters. The minimum absolute atomic E-state index is 0. The second-order valence-corrected chi connectivity index (χ2v) is 6.31. The van der Waals surface area contributed by atoms with Crippen LogP contribution in [0.5, 0.6) is 0 Å². The Hall–Kier alpha value is -2.53. The zero-order valence-electron chi connectivity index (χ0n) is 14.5. The molecular formula is C21H18BrFN2O. The lowest BCUT2D eigenvalue weighted by Crippen LogP contribution is -3.00. The summed E-state index contributed by atoms with van der Waals surface area (Å²) in [5, 5.41) is 0. The third-order valence-electron chi connectivity index (χ3n) is 4.42. The van der Waals surface area contributed by atoms with Crippen molar-refractivity contribution in [2.45, 2.75) is 20.4 Å². The van der Waals surface area contributed by atoms with Gasteiger partial charge in [0.25, 0.3) is 0 Å². The van der Waals surface area contributed by atoms with Crippen molar-refractivity contribution >= 4 is 11.1 Å². The van der Waals surface area contributed by atoms with Gasteiger partial charge in [-0.1, -0.05) is 0 Å². The van der Waals surface area contributed by atoms with Gasteiger partial charge in [0.2, 0.25) is 5.89 Å². The van der Waals surface area contributed by atoms with Crippen LogP contribution < -0.4 is 21.5 Å². The van der Waals surface area contributed by atoms with Gasteiger partial charge in [-0.15, -0.1) is 0 Å². The van der Waals surface area contributed by atoms with E-state index in [2.05, 4.69) is 24.9 Å². The number of halogens is 2. The molecule has 0 aliphatic carbocycles. The van der Waals surface area contributed by atoms with E-state index >= 15 is 0 Å². The zero-order chi connectivity index (χ0) is 17.4. The van der Waals surface area contributed by atoms with Gasteiger partial charge in [-0.05, 0) is 61.4 Å². The van der Waals surface area contributed by atoms with E-state index in [1.807, 2.05) is 35.2 Å². The number of nitrogens with zero attached hydrogens (tertiary/aromatic N) is 2. The largest absolute Gasteiger partial charge is 1.00 e. The Labute approximate surface area is 161 Å². The fraction of sp³-hybridized carbons (Fsp3) is 0.143. The Morgan fingerprint density at radius 3 is 2.31 bits per heavy atom. The van der Waals surface area contributed by atoms with Crippen LogP contribution in [0, 0.1) is 19.7 Å². The number of aromatic nitrogens is 2.